The molecule has 0 bridgehead atoms. The molecule has 0 aliphatic carbocycles. The molecular weight excluding hydrogens is 170 g/mol. The Kier molecular flexibility index (Phi) is 16.9. The second kappa shape index (κ2) is 12.4. The minimum atomic E-state index is 0. The van der Waals surface area contributed by atoms with Crippen LogP contribution in [0.4, 0.5) is 0 Å². The SMILES string of the molecule is C.CCC(C)=C(C)C.CCC(C)=NC. The fourth-order valence-electron chi connectivity index (χ4n) is 0.512. The zero-order valence-electron chi connectivity index (χ0n) is 10.4. The third-order valence-electron chi connectivity index (χ3n) is 2.28. The van der Waals surface area contributed by atoms with Crippen molar-refractivity contribution >= 4 is 5.71 Å². The van der Waals surface area contributed by atoms with Gasteiger partial charge in [0.15, 0.2) is 0 Å². The first-order valence-corrected chi connectivity index (χ1v) is 5.04. The molecule has 0 unspecified atom stereocenters. The molecule has 0 heterocycles. The highest BCUT2D eigenvalue weighted by molar-refractivity contribution is 5.81. The van der Waals surface area contributed by atoms with Gasteiger partial charge in [0.1, 0.15) is 0 Å². The maximum absolute atomic E-state index is 3.92. The van der Waals surface area contributed by atoms with E-state index in [-0.39, 0.29) is 7.43 Å². The van der Waals surface area contributed by atoms with Gasteiger partial charge >= 0.3 is 0 Å². The number of allylic oxidation sites excluding steroid dienone is 2. The number of nitrogens with zero attached hydrogens (tertiary/aromatic N) is 1. The molecule has 0 aromatic rings. The quantitative estimate of drug-likeness (QED) is 0.444. The lowest BCUT2D eigenvalue weighted by molar-refractivity contribution is 1.05. The lowest BCUT2D eigenvalue weighted by Gasteiger charge is -1.94. The van der Waals surface area contributed by atoms with Gasteiger partial charge in [-0.15, -0.1) is 0 Å². The van der Waals surface area contributed by atoms with Crippen LogP contribution < -0.4 is 0 Å². The monoisotopic (exact) mass is 199 g/mol. The Morgan fingerprint density at radius 2 is 1.36 bits per heavy atom. The molecule has 1 nitrogen and oxygen atoms in total. The van der Waals surface area contributed by atoms with Gasteiger partial charge in [0.2, 0.25) is 0 Å². The predicted octanol–water partition coefficient (Wildman–Crippen LogP) is 4.88. The van der Waals surface area contributed by atoms with Crippen molar-refractivity contribution in [3.63, 3.8) is 0 Å². The van der Waals surface area contributed by atoms with Crippen LogP contribution in [-0.4, -0.2) is 12.8 Å². The molecule has 86 valence electrons. The van der Waals surface area contributed by atoms with Gasteiger partial charge in [0.25, 0.3) is 0 Å². The minimum absolute atomic E-state index is 0. The van der Waals surface area contributed by atoms with Gasteiger partial charge in [-0.1, -0.05) is 32.4 Å². The smallest absolute Gasteiger partial charge is 0.0276 e. The number of hydrogen-bond donors (Lipinski definition) is 0. The van der Waals surface area contributed by atoms with E-state index >= 15 is 0 Å². The van der Waals surface area contributed by atoms with Crippen LogP contribution in [0.3, 0.4) is 0 Å². The number of rotatable bonds is 2. The summed E-state index contributed by atoms with van der Waals surface area (Å²) >= 11 is 0. The molecule has 0 atom stereocenters. The Hall–Kier alpha value is -0.590. The van der Waals surface area contributed by atoms with Crippen LogP contribution >= 0.6 is 0 Å². The van der Waals surface area contributed by atoms with Crippen LogP contribution in [0.25, 0.3) is 0 Å². The summed E-state index contributed by atoms with van der Waals surface area (Å²) in [6.45, 7) is 12.8. The van der Waals surface area contributed by atoms with E-state index in [2.05, 4.69) is 39.6 Å². The summed E-state index contributed by atoms with van der Waals surface area (Å²) < 4.78 is 0. The molecule has 0 rings (SSSR count). The van der Waals surface area contributed by atoms with E-state index in [9.17, 15) is 0 Å². The second-order valence-electron chi connectivity index (χ2n) is 3.45. The lowest BCUT2D eigenvalue weighted by Crippen LogP contribution is -1.83. The molecule has 0 N–H and O–H groups in total. The maximum atomic E-state index is 3.92. The fraction of sp³-hybridized carbons (Fsp3) is 0.769. The summed E-state index contributed by atoms with van der Waals surface area (Å²) in [6.07, 6.45) is 2.28. The van der Waals surface area contributed by atoms with E-state index in [1.165, 1.54) is 23.3 Å². The van der Waals surface area contributed by atoms with E-state index in [0.717, 1.165) is 6.42 Å². The average molecular weight is 199 g/mol. The van der Waals surface area contributed by atoms with Gasteiger partial charge < -0.3 is 0 Å². The van der Waals surface area contributed by atoms with Crippen LogP contribution in [-0.2, 0) is 0 Å². The molecular formula is C13H29N. The zero-order chi connectivity index (χ0) is 10.9. The first-order valence-electron chi connectivity index (χ1n) is 5.04. The van der Waals surface area contributed by atoms with Crippen molar-refractivity contribution in [2.24, 2.45) is 4.99 Å². The van der Waals surface area contributed by atoms with Crippen molar-refractivity contribution in [1.82, 2.24) is 0 Å². The van der Waals surface area contributed by atoms with Crippen LogP contribution in [0, 0.1) is 0 Å². The molecule has 0 aromatic heterocycles. The van der Waals surface area contributed by atoms with Crippen LogP contribution in [0.5, 0.6) is 0 Å². The number of hydrogen-bond acceptors (Lipinski definition) is 1. The second-order valence-corrected chi connectivity index (χ2v) is 3.45. The van der Waals surface area contributed by atoms with E-state index in [1.807, 2.05) is 14.0 Å². The Morgan fingerprint density at radius 3 is 1.36 bits per heavy atom. The lowest BCUT2D eigenvalue weighted by atomic mass is 10.1. The van der Waals surface area contributed by atoms with Gasteiger partial charge in [0.05, 0.1) is 0 Å². The molecule has 0 aliphatic heterocycles. The highest BCUT2D eigenvalue weighted by Gasteiger charge is 1.82. The molecule has 1 heteroatoms. The Labute approximate surface area is 91.3 Å². The molecule has 0 amide bonds. The van der Waals surface area contributed by atoms with Crippen LogP contribution in [0.1, 0.15) is 61.8 Å². The van der Waals surface area contributed by atoms with Crippen molar-refractivity contribution in [2.45, 2.75) is 61.8 Å². The molecule has 0 aromatic carbocycles. The first kappa shape index (κ1) is 19.1. The molecule has 0 saturated heterocycles. The summed E-state index contributed by atoms with van der Waals surface area (Å²) in [5.41, 5.74) is 4.19. The predicted molar refractivity (Wildman–Crippen MR) is 70.4 cm³/mol. The van der Waals surface area contributed by atoms with Gasteiger partial charge in [0, 0.05) is 12.8 Å². The fourth-order valence-corrected chi connectivity index (χ4v) is 0.512. The van der Waals surface area contributed by atoms with Crippen molar-refractivity contribution in [3.8, 4) is 0 Å². The van der Waals surface area contributed by atoms with Crippen LogP contribution in [0.2, 0.25) is 0 Å². The molecule has 0 saturated carbocycles. The van der Waals surface area contributed by atoms with E-state index in [1.54, 1.807) is 0 Å². The molecule has 0 spiro atoms. The van der Waals surface area contributed by atoms with Crippen molar-refractivity contribution in [3.05, 3.63) is 11.1 Å². The minimum Gasteiger partial charge on any atom is -0.298 e. The van der Waals surface area contributed by atoms with Gasteiger partial charge in [-0.3, -0.25) is 4.99 Å². The van der Waals surface area contributed by atoms with Gasteiger partial charge in [-0.25, -0.2) is 0 Å². The van der Waals surface area contributed by atoms with E-state index < -0.39 is 0 Å². The summed E-state index contributed by atoms with van der Waals surface area (Å²) in [6, 6.07) is 0. The normalized spacial score (nSPS) is 9.50. The molecule has 0 aliphatic rings. The molecule has 0 fully saturated rings. The summed E-state index contributed by atoms with van der Waals surface area (Å²) in [5, 5.41) is 0. The standard InChI is InChI=1S/C7H14.C5H11N.CH4/c1-5-7(4)6(2)3;1-4-5(2)6-3;/h5H2,1-4H3;4H2,1-3H3;1H4. The van der Waals surface area contributed by atoms with Gasteiger partial charge in [-0.05, 0) is 40.5 Å². The zero-order valence-corrected chi connectivity index (χ0v) is 10.4. The molecule has 0 radical (unpaired) electrons. The summed E-state index contributed by atoms with van der Waals surface area (Å²) in [5.74, 6) is 0. The summed E-state index contributed by atoms with van der Waals surface area (Å²) in [7, 11) is 1.82. The Balaban J connectivity index is -0.000000163. The highest BCUT2D eigenvalue weighted by atomic mass is 14.7. The highest BCUT2D eigenvalue weighted by Crippen LogP contribution is 2.04. The van der Waals surface area contributed by atoms with Crippen molar-refractivity contribution in [1.29, 1.82) is 0 Å². The first-order chi connectivity index (χ1) is 5.99. The van der Waals surface area contributed by atoms with Crippen LogP contribution in [0.15, 0.2) is 16.1 Å². The maximum Gasteiger partial charge on any atom is 0.0276 e. The van der Waals surface area contributed by atoms with Gasteiger partial charge in [-0.2, -0.15) is 0 Å². The summed E-state index contributed by atoms with van der Waals surface area (Å²) in [4.78, 5) is 3.92. The Morgan fingerprint density at radius 1 is 0.929 bits per heavy atom. The average Bonchev–Trinajstić information content (AvgIpc) is 2.16. The van der Waals surface area contributed by atoms with E-state index in [4.69, 9.17) is 0 Å². The van der Waals surface area contributed by atoms with Crippen molar-refractivity contribution < 1.29 is 0 Å². The van der Waals surface area contributed by atoms with Crippen molar-refractivity contribution in [2.75, 3.05) is 7.05 Å². The number of aliphatic imine (C=N–C) groups is 1. The largest absolute Gasteiger partial charge is 0.298 e. The Bertz CT molecular complexity index is 172. The van der Waals surface area contributed by atoms with E-state index in [0.29, 0.717) is 0 Å². The molecule has 14 heavy (non-hydrogen) atoms. The third-order valence-corrected chi connectivity index (χ3v) is 2.28. The third kappa shape index (κ3) is 14.0. The topological polar surface area (TPSA) is 12.4 Å².